The van der Waals surface area contributed by atoms with Crippen molar-refractivity contribution in [1.82, 2.24) is 0 Å². The molecule has 110 valence electrons. The minimum absolute atomic E-state index is 0.0721. The second-order valence-electron chi connectivity index (χ2n) is 5.14. The third-order valence-corrected chi connectivity index (χ3v) is 4.21. The van der Waals surface area contributed by atoms with E-state index in [4.69, 9.17) is 0 Å². The molecule has 0 amide bonds. The minimum Gasteiger partial charge on any atom is -0.381 e. The Kier molecular flexibility index (Phi) is 4.63. The van der Waals surface area contributed by atoms with Crippen LogP contribution in [0, 0.1) is 30.9 Å². The van der Waals surface area contributed by atoms with Crippen molar-refractivity contribution in [2.24, 2.45) is 0 Å². The van der Waals surface area contributed by atoms with Crippen molar-refractivity contribution in [3.63, 3.8) is 0 Å². The molecule has 0 aliphatic rings. The van der Waals surface area contributed by atoms with Gasteiger partial charge in [-0.1, -0.05) is 12.1 Å². The van der Waals surface area contributed by atoms with Crippen molar-refractivity contribution < 1.29 is 4.92 Å². The standard InChI is InChI=1S/C16H17BrN2O2/c1-10-6-12(3)13(7-11(10)2)9-18-14-4-5-16(19(20)21)15(17)8-14/h4-8,18H,9H2,1-3H3. The van der Waals surface area contributed by atoms with E-state index in [1.807, 2.05) is 0 Å². The second-order valence-corrected chi connectivity index (χ2v) is 5.99. The van der Waals surface area contributed by atoms with Gasteiger partial charge in [-0.25, -0.2) is 0 Å². The van der Waals surface area contributed by atoms with Crippen molar-refractivity contribution in [3.05, 3.63) is 67.2 Å². The van der Waals surface area contributed by atoms with Gasteiger partial charge in [-0.15, -0.1) is 0 Å². The zero-order chi connectivity index (χ0) is 15.6. The quantitative estimate of drug-likeness (QED) is 0.631. The summed E-state index contributed by atoms with van der Waals surface area (Å²) in [5.74, 6) is 0. The lowest BCUT2D eigenvalue weighted by atomic mass is 10.0. The summed E-state index contributed by atoms with van der Waals surface area (Å²) in [6, 6.07) is 9.31. The van der Waals surface area contributed by atoms with Crippen LogP contribution in [0.15, 0.2) is 34.8 Å². The normalized spacial score (nSPS) is 10.5. The molecule has 0 heterocycles. The molecule has 0 saturated heterocycles. The fraction of sp³-hybridized carbons (Fsp3) is 0.250. The predicted molar refractivity (Wildman–Crippen MR) is 88.8 cm³/mol. The number of hydrogen-bond donors (Lipinski definition) is 1. The van der Waals surface area contributed by atoms with Crippen LogP contribution < -0.4 is 5.32 Å². The SMILES string of the molecule is Cc1cc(C)c(CNc2ccc([N+](=O)[O-])c(Br)c2)cc1C. The van der Waals surface area contributed by atoms with Crippen molar-refractivity contribution in [3.8, 4) is 0 Å². The van der Waals surface area contributed by atoms with Gasteiger partial charge in [0.15, 0.2) is 0 Å². The van der Waals surface area contributed by atoms with E-state index in [2.05, 4.69) is 54.2 Å². The average molecular weight is 349 g/mol. The van der Waals surface area contributed by atoms with Crippen molar-refractivity contribution in [1.29, 1.82) is 0 Å². The number of nitrogens with zero attached hydrogens (tertiary/aromatic N) is 1. The number of benzene rings is 2. The molecule has 0 radical (unpaired) electrons. The number of nitro groups is 1. The number of anilines is 1. The monoisotopic (exact) mass is 348 g/mol. The van der Waals surface area contributed by atoms with Crippen LogP contribution in [-0.4, -0.2) is 4.92 Å². The molecule has 2 aromatic carbocycles. The molecule has 5 heteroatoms. The highest BCUT2D eigenvalue weighted by Crippen LogP contribution is 2.28. The highest BCUT2D eigenvalue weighted by atomic mass is 79.9. The lowest BCUT2D eigenvalue weighted by Crippen LogP contribution is -2.03. The summed E-state index contributed by atoms with van der Waals surface area (Å²) in [4.78, 5) is 10.4. The Bertz CT molecular complexity index is 699. The van der Waals surface area contributed by atoms with Crippen LogP contribution >= 0.6 is 15.9 Å². The van der Waals surface area contributed by atoms with Crippen LogP contribution in [0.3, 0.4) is 0 Å². The summed E-state index contributed by atoms with van der Waals surface area (Å²) in [6.45, 7) is 6.99. The average Bonchev–Trinajstić information content (AvgIpc) is 2.41. The summed E-state index contributed by atoms with van der Waals surface area (Å²) in [5.41, 5.74) is 5.95. The molecule has 21 heavy (non-hydrogen) atoms. The maximum absolute atomic E-state index is 10.8. The Hall–Kier alpha value is -1.88. The topological polar surface area (TPSA) is 55.2 Å². The highest BCUT2D eigenvalue weighted by Gasteiger charge is 2.11. The molecule has 0 fully saturated rings. The maximum atomic E-state index is 10.8. The van der Waals surface area contributed by atoms with Crippen molar-refractivity contribution >= 4 is 27.3 Å². The van der Waals surface area contributed by atoms with Gasteiger partial charge in [0.1, 0.15) is 0 Å². The summed E-state index contributed by atoms with van der Waals surface area (Å²) < 4.78 is 0.481. The Morgan fingerprint density at radius 2 is 1.76 bits per heavy atom. The van der Waals surface area contributed by atoms with Gasteiger partial charge in [0.05, 0.1) is 9.40 Å². The van der Waals surface area contributed by atoms with Gasteiger partial charge in [-0.2, -0.15) is 0 Å². The Labute approximate surface area is 132 Å². The number of halogens is 1. The first-order valence-corrected chi connectivity index (χ1v) is 7.42. The third kappa shape index (κ3) is 3.61. The van der Waals surface area contributed by atoms with Gasteiger partial charge >= 0.3 is 0 Å². The van der Waals surface area contributed by atoms with Gasteiger partial charge < -0.3 is 5.32 Å². The molecule has 0 aromatic heterocycles. The van der Waals surface area contributed by atoms with Gasteiger partial charge in [-0.3, -0.25) is 10.1 Å². The van der Waals surface area contributed by atoms with Crippen molar-refractivity contribution in [2.75, 3.05) is 5.32 Å². The van der Waals surface area contributed by atoms with Gasteiger partial charge in [0, 0.05) is 18.3 Å². The van der Waals surface area contributed by atoms with Gasteiger partial charge in [0.2, 0.25) is 0 Å². The molecule has 1 N–H and O–H groups in total. The molecule has 0 atom stereocenters. The smallest absolute Gasteiger partial charge is 0.283 e. The number of nitrogens with one attached hydrogen (secondary N) is 1. The molecule has 0 bridgehead atoms. The maximum Gasteiger partial charge on any atom is 0.283 e. The van der Waals surface area contributed by atoms with Crippen LogP contribution in [0.1, 0.15) is 22.3 Å². The minimum atomic E-state index is -0.401. The van der Waals surface area contributed by atoms with Crippen LogP contribution in [0.5, 0.6) is 0 Å². The van der Waals surface area contributed by atoms with Gasteiger partial charge in [0.25, 0.3) is 5.69 Å². The second kappa shape index (κ2) is 6.26. The zero-order valence-corrected chi connectivity index (χ0v) is 13.8. The van der Waals surface area contributed by atoms with E-state index < -0.39 is 4.92 Å². The summed E-state index contributed by atoms with van der Waals surface area (Å²) in [5, 5.41) is 14.1. The molecule has 0 unspecified atom stereocenters. The summed E-state index contributed by atoms with van der Waals surface area (Å²) in [7, 11) is 0. The van der Waals surface area contributed by atoms with Crippen LogP contribution in [-0.2, 0) is 6.54 Å². The van der Waals surface area contributed by atoms with Crippen LogP contribution in [0.2, 0.25) is 0 Å². The molecule has 2 rings (SSSR count). The molecule has 2 aromatic rings. The third-order valence-electron chi connectivity index (χ3n) is 3.58. The Morgan fingerprint density at radius 3 is 2.38 bits per heavy atom. The number of hydrogen-bond acceptors (Lipinski definition) is 3. The van der Waals surface area contributed by atoms with E-state index in [9.17, 15) is 10.1 Å². The fourth-order valence-corrected chi connectivity index (χ4v) is 2.70. The van der Waals surface area contributed by atoms with Gasteiger partial charge in [-0.05, 0) is 71.1 Å². The van der Waals surface area contributed by atoms with Crippen LogP contribution in [0.25, 0.3) is 0 Å². The number of nitro benzene ring substituents is 1. The predicted octanol–water partition coefficient (Wildman–Crippen LogP) is 4.89. The number of rotatable bonds is 4. The van der Waals surface area contributed by atoms with E-state index in [1.54, 1.807) is 12.1 Å². The Balaban J connectivity index is 2.15. The molecule has 0 aliphatic heterocycles. The lowest BCUT2D eigenvalue weighted by Gasteiger charge is -2.12. The fourth-order valence-electron chi connectivity index (χ4n) is 2.17. The van der Waals surface area contributed by atoms with E-state index >= 15 is 0 Å². The summed E-state index contributed by atoms with van der Waals surface area (Å²) in [6.07, 6.45) is 0. The Morgan fingerprint density at radius 1 is 1.10 bits per heavy atom. The van der Waals surface area contributed by atoms with E-state index in [-0.39, 0.29) is 5.69 Å². The lowest BCUT2D eigenvalue weighted by molar-refractivity contribution is -0.385. The first-order valence-electron chi connectivity index (χ1n) is 6.63. The van der Waals surface area contributed by atoms with E-state index in [1.165, 1.54) is 28.3 Å². The van der Waals surface area contributed by atoms with Crippen LogP contribution in [0.4, 0.5) is 11.4 Å². The summed E-state index contributed by atoms with van der Waals surface area (Å²) >= 11 is 3.23. The molecular formula is C16H17BrN2O2. The molecule has 0 saturated carbocycles. The molecule has 4 nitrogen and oxygen atoms in total. The molecule has 0 spiro atoms. The van der Waals surface area contributed by atoms with E-state index in [0.717, 1.165) is 5.69 Å². The molecular weight excluding hydrogens is 332 g/mol. The first kappa shape index (κ1) is 15.5. The zero-order valence-electron chi connectivity index (χ0n) is 12.2. The number of aryl methyl sites for hydroxylation is 3. The first-order chi connectivity index (χ1) is 9.88. The highest BCUT2D eigenvalue weighted by molar-refractivity contribution is 9.10. The largest absolute Gasteiger partial charge is 0.381 e. The van der Waals surface area contributed by atoms with E-state index in [0.29, 0.717) is 11.0 Å². The van der Waals surface area contributed by atoms with Crippen molar-refractivity contribution in [2.45, 2.75) is 27.3 Å². The molecule has 0 aliphatic carbocycles.